The van der Waals surface area contributed by atoms with Crippen LogP contribution in [-0.2, 0) is 0 Å². The Kier molecular flexibility index (Phi) is 5.67. The molecule has 1 rings (SSSR count). The Hall–Kier alpha value is -1.71. The number of nitrogen functional groups attached to an aromatic ring is 1. The molecule has 0 aromatic heterocycles. The van der Waals surface area contributed by atoms with E-state index in [2.05, 4.69) is 19.2 Å². The van der Waals surface area contributed by atoms with Gasteiger partial charge in [0.25, 0.3) is 5.91 Å². The zero-order chi connectivity index (χ0) is 14.4. The molecule has 0 bridgehead atoms. The molecule has 4 heteroatoms. The normalized spacial score (nSPS) is 10.6. The van der Waals surface area contributed by atoms with Crippen molar-refractivity contribution in [3.05, 3.63) is 23.8 Å². The first kappa shape index (κ1) is 15.3. The molecular formula is C15H25N3O. The quantitative estimate of drug-likeness (QED) is 0.612. The molecule has 0 saturated heterocycles. The first-order valence-electron chi connectivity index (χ1n) is 6.77. The van der Waals surface area contributed by atoms with Gasteiger partial charge in [0.15, 0.2) is 0 Å². The Morgan fingerprint density at radius 3 is 2.58 bits per heavy atom. The number of anilines is 2. The average molecular weight is 263 g/mol. The molecule has 0 unspecified atom stereocenters. The van der Waals surface area contributed by atoms with Crippen molar-refractivity contribution < 1.29 is 4.79 Å². The molecule has 0 radical (unpaired) electrons. The van der Waals surface area contributed by atoms with Crippen molar-refractivity contribution in [1.82, 2.24) is 5.32 Å². The summed E-state index contributed by atoms with van der Waals surface area (Å²) in [6, 6.07) is 5.41. The fraction of sp³-hybridized carbons (Fsp3) is 0.533. The third kappa shape index (κ3) is 4.81. The molecule has 1 aromatic carbocycles. The zero-order valence-electron chi connectivity index (χ0n) is 12.4. The third-order valence-electron chi connectivity index (χ3n) is 3.02. The minimum Gasteiger partial charge on any atom is -0.397 e. The molecule has 1 aromatic rings. The molecule has 0 aliphatic rings. The van der Waals surface area contributed by atoms with Crippen molar-refractivity contribution in [2.45, 2.75) is 26.7 Å². The summed E-state index contributed by atoms with van der Waals surface area (Å²) >= 11 is 0. The second-order valence-corrected chi connectivity index (χ2v) is 5.46. The minimum atomic E-state index is -0.0548. The first-order valence-corrected chi connectivity index (χ1v) is 6.77. The van der Waals surface area contributed by atoms with Gasteiger partial charge in [0.2, 0.25) is 0 Å². The number of carbonyl (C=O) groups is 1. The predicted octanol–water partition coefficient (Wildman–Crippen LogP) is 2.50. The molecule has 19 heavy (non-hydrogen) atoms. The number of amides is 1. The lowest BCUT2D eigenvalue weighted by Gasteiger charge is -2.16. The number of hydrogen-bond acceptors (Lipinski definition) is 3. The second-order valence-electron chi connectivity index (χ2n) is 5.46. The maximum Gasteiger partial charge on any atom is 0.251 e. The van der Waals surface area contributed by atoms with E-state index in [1.54, 1.807) is 6.07 Å². The van der Waals surface area contributed by atoms with Gasteiger partial charge in [-0.2, -0.15) is 0 Å². The number of nitrogens with two attached hydrogens (primary N) is 1. The highest BCUT2D eigenvalue weighted by molar-refractivity contribution is 5.96. The minimum absolute atomic E-state index is 0.0548. The monoisotopic (exact) mass is 263 g/mol. The average Bonchev–Trinajstić information content (AvgIpc) is 2.33. The topological polar surface area (TPSA) is 58.4 Å². The lowest BCUT2D eigenvalue weighted by atomic mass is 10.1. The van der Waals surface area contributed by atoms with Gasteiger partial charge in [0, 0.05) is 26.2 Å². The molecule has 0 saturated carbocycles. The summed E-state index contributed by atoms with van der Waals surface area (Å²) in [6.07, 6.45) is 2.14. The van der Waals surface area contributed by atoms with E-state index in [9.17, 15) is 4.79 Å². The van der Waals surface area contributed by atoms with Crippen LogP contribution in [0, 0.1) is 5.92 Å². The number of carbonyl (C=O) groups excluding carboxylic acids is 1. The molecule has 1 amide bonds. The van der Waals surface area contributed by atoms with E-state index in [0.29, 0.717) is 23.7 Å². The highest BCUT2D eigenvalue weighted by Crippen LogP contribution is 2.22. The zero-order valence-corrected chi connectivity index (χ0v) is 12.4. The lowest BCUT2D eigenvalue weighted by molar-refractivity contribution is 0.0952. The molecule has 0 aliphatic heterocycles. The van der Waals surface area contributed by atoms with Crippen molar-refractivity contribution in [2.24, 2.45) is 5.92 Å². The van der Waals surface area contributed by atoms with E-state index < -0.39 is 0 Å². The van der Waals surface area contributed by atoms with E-state index in [4.69, 9.17) is 5.73 Å². The van der Waals surface area contributed by atoms with E-state index in [1.165, 1.54) is 0 Å². The van der Waals surface area contributed by atoms with E-state index in [-0.39, 0.29) is 5.91 Å². The van der Waals surface area contributed by atoms with Crippen molar-refractivity contribution in [3.63, 3.8) is 0 Å². The van der Waals surface area contributed by atoms with Gasteiger partial charge in [0.1, 0.15) is 0 Å². The smallest absolute Gasteiger partial charge is 0.251 e. The Morgan fingerprint density at radius 1 is 1.37 bits per heavy atom. The van der Waals surface area contributed by atoms with Crippen LogP contribution in [0.15, 0.2) is 18.2 Å². The molecule has 0 fully saturated rings. The lowest BCUT2D eigenvalue weighted by Crippen LogP contribution is -2.25. The maximum atomic E-state index is 11.9. The summed E-state index contributed by atoms with van der Waals surface area (Å²) in [7, 11) is 3.86. The van der Waals surface area contributed by atoms with Crippen LogP contribution >= 0.6 is 0 Å². The Balaban J connectivity index is 2.56. The molecule has 106 valence electrons. The fourth-order valence-corrected chi connectivity index (χ4v) is 1.92. The van der Waals surface area contributed by atoms with Gasteiger partial charge < -0.3 is 16.0 Å². The molecule has 0 heterocycles. The number of benzene rings is 1. The standard InChI is InChI=1S/C15H25N3O/c1-11(2)6-5-9-17-15(19)12-7-8-14(18(3)4)13(16)10-12/h7-8,10-11H,5-6,9,16H2,1-4H3,(H,17,19). The van der Waals surface area contributed by atoms with Gasteiger partial charge in [0.05, 0.1) is 11.4 Å². The Labute approximate surface area is 116 Å². The molecule has 4 nitrogen and oxygen atoms in total. The Morgan fingerprint density at radius 2 is 2.05 bits per heavy atom. The van der Waals surface area contributed by atoms with Crippen molar-refractivity contribution in [2.75, 3.05) is 31.3 Å². The number of rotatable bonds is 6. The van der Waals surface area contributed by atoms with Crippen LogP contribution in [0.1, 0.15) is 37.0 Å². The largest absolute Gasteiger partial charge is 0.397 e. The van der Waals surface area contributed by atoms with E-state index >= 15 is 0 Å². The van der Waals surface area contributed by atoms with Crippen molar-refractivity contribution >= 4 is 17.3 Å². The second kappa shape index (κ2) is 7.02. The molecule has 0 atom stereocenters. The van der Waals surface area contributed by atoms with Crippen LogP contribution in [0.5, 0.6) is 0 Å². The van der Waals surface area contributed by atoms with Gasteiger partial charge >= 0.3 is 0 Å². The van der Waals surface area contributed by atoms with E-state index in [1.807, 2.05) is 31.1 Å². The van der Waals surface area contributed by atoms with Gasteiger partial charge in [-0.05, 0) is 37.0 Å². The molecule has 0 aliphatic carbocycles. The summed E-state index contributed by atoms with van der Waals surface area (Å²) in [4.78, 5) is 13.9. The number of nitrogens with zero attached hydrogens (tertiary/aromatic N) is 1. The van der Waals surface area contributed by atoms with Crippen LogP contribution in [0.2, 0.25) is 0 Å². The SMILES string of the molecule is CC(C)CCCNC(=O)c1ccc(N(C)C)c(N)c1. The molecule has 3 N–H and O–H groups in total. The fourth-order valence-electron chi connectivity index (χ4n) is 1.92. The highest BCUT2D eigenvalue weighted by atomic mass is 16.1. The van der Waals surface area contributed by atoms with Crippen LogP contribution in [-0.4, -0.2) is 26.5 Å². The van der Waals surface area contributed by atoms with Crippen molar-refractivity contribution in [1.29, 1.82) is 0 Å². The summed E-state index contributed by atoms with van der Waals surface area (Å²) < 4.78 is 0. The molecule has 0 spiro atoms. The summed E-state index contributed by atoms with van der Waals surface area (Å²) in [5.41, 5.74) is 8.10. The number of nitrogens with one attached hydrogen (secondary N) is 1. The third-order valence-corrected chi connectivity index (χ3v) is 3.02. The van der Waals surface area contributed by atoms with Gasteiger partial charge in [-0.15, -0.1) is 0 Å². The molecular weight excluding hydrogens is 238 g/mol. The maximum absolute atomic E-state index is 11.9. The van der Waals surface area contributed by atoms with E-state index in [0.717, 1.165) is 18.5 Å². The summed E-state index contributed by atoms with van der Waals surface area (Å²) in [5.74, 6) is 0.618. The highest BCUT2D eigenvalue weighted by Gasteiger charge is 2.08. The van der Waals surface area contributed by atoms with Gasteiger partial charge in [-0.3, -0.25) is 4.79 Å². The predicted molar refractivity (Wildman–Crippen MR) is 81.6 cm³/mol. The summed E-state index contributed by atoms with van der Waals surface area (Å²) in [5, 5.41) is 2.92. The first-order chi connectivity index (χ1) is 8.91. The van der Waals surface area contributed by atoms with Gasteiger partial charge in [-0.1, -0.05) is 13.8 Å². The summed E-state index contributed by atoms with van der Waals surface area (Å²) in [6.45, 7) is 5.08. The van der Waals surface area contributed by atoms with Gasteiger partial charge in [-0.25, -0.2) is 0 Å². The number of hydrogen-bond donors (Lipinski definition) is 2. The Bertz CT molecular complexity index is 427. The van der Waals surface area contributed by atoms with Crippen LogP contribution < -0.4 is 16.0 Å². The van der Waals surface area contributed by atoms with Crippen molar-refractivity contribution in [3.8, 4) is 0 Å². The van der Waals surface area contributed by atoms with Crippen LogP contribution in [0.4, 0.5) is 11.4 Å². The van der Waals surface area contributed by atoms with Crippen LogP contribution in [0.25, 0.3) is 0 Å². The van der Waals surface area contributed by atoms with Crippen LogP contribution in [0.3, 0.4) is 0 Å².